The summed E-state index contributed by atoms with van der Waals surface area (Å²) in [6, 6.07) is 5.31. The smallest absolute Gasteiger partial charge is 0.228 e. The number of amides is 1. The molecule has 4 atom stereocenters. The average Bonchev–Trinajstić information content (AvgIpc) is 2.88. The van der Waals surface area contributed by atoms with Gasteiger partial charge in [-0.25, -0.2) is 0 Å². The Bertz CT molecular complexity index is 558. The van der Waals surface area contributed by atoms with Crippen molar-refractivity contribution in [1.82, 2.24) is 0 Å². The molecule has 2 bridgehead atoms. The molecule has 1 N–H and O–H groups in total. The van der Waals surface area contributed by atoms with Crippen LogP contribution in [0.2, 0.25) is 5.02 Å². The van der Waals surface area contributed by atoms with E-state index < -0.39 is 0 Å². The number of fused-ring (bicyclic) bond motifs is 5. The molecule has 3 saturated carbocycles. The first-order valence-corrected chi connectivity index (χ1v) is 7.71. The molecule has 3 nitrogen and oxygen atoms in total. The quantitative estimate of drug-likeness (QED) is 0.924. The van der Waals surface area contributed by atoms with Crippen LogP contribution in [0.25, 0.3) is 0 Å². The maximum Gasteiger partial charge on any atom is 0.228 e. The van der Waals surface area contributed by atoms with Gasteiger partial charge < -0.3 is 10.1 Å². The third-order valence-electron chi connectivity index (χ3n) is 5.46. The van der Waals surface area contributed by atoms with Gasteiger partial charge >= 0.3 is 0 Å². The average molecular weight is 292 g/mol. The number of anilines is 1. The Morgan fingerprint density at radius 1 is 1.30 bits per heavy atom. The number of ether oxygens (including phenoxy) is 1. The molecule has 0 heterocycles. The van der Waals surface area contributed by atoms with E-state index in [4.69, 9.17) is 16.3 Å². The van der Waals surface area contributed by atoms with E-state index in [1.807, 2.05) is 0 Å². The third-order valence-corrected chi connectivity index (χ3v) is 5.69. The number of carbonyl (C=O) groups excluding carboxylic acids is 1. The number of carbonyl (C=O) groups is 1. The Morgan fingerprint density at radius 2 is 2.00 bits per heavy atom. The Kier molecular flexibility index (Phi) is 2.75. The summed E-state index contributed by atoms with van der Waals surface area (Å²) in [6.45, 7) is 0. The second-order valence-corrected chi connectivity index (χ2v) is 6.78. The predicted octanol–water partition coefficient (Wildman–Crippen LogP) is 3.58. The number of hydrogen-bond acceptors (Lipinski definition) is 2. The Morgan fingerprint density at radius 3 is 2.65 bits per heavy atom. The largest absolute Gasteiger partial charge is 0.495 e. The molecule has 3 aliphatic rings. The van der Waals surface area contributed by atoms with Gasteiger partial charge in [-0.1, -0.05) is 11.6 Å². The minimum atomic E-state index is 0.150. The minimum Gasteiger partial charge on any atom is -0.495 e. The molecule has 3 fully saturated rings. The number of halogens is 1. The second kappa shape index (κ2) is 4.39. The van der Waals surface area contributed by atoms with E-state index in [-0.39, 0.29) is 11.8 Å². The molecular formula is C16H18ClNO2. The van der Waals surface area contributed by atoms with Gasteiger partial charge in [-0.15, -0.1) is 0 Å². The van der Waals surface area contributed by atoms with Crippen molar-refractivity contribution in [2.75, 3.05) is 12.4 Å². The molecule has 106 valence electrons. The fourth-order valence-corrected chi connectivity index (χ4v) is 4.84. The molecule has 20 heavy (non-hydrogen) atoms. The third kappa shape index (κ3) is 1.76. The zero-order valence-corrected chi connectivity index (χ0v) is 12.2. The molecule has 0 aromatic heterocycles. The van der Waals surface area contributed by atoms with Crippen LogP contribution in [0.5, 0.6) is 5.75 Å². The fourth-order valence-electron chi connectivity index (χ4n) is 4.67. The van der Waals surface area contributed by atoms with Gasteiger partial charge in [-0.2, -0.15) is 0 Å². The van der Waals surface area contributed by atoms with Gasteiger partial charge in [0.05, 0.1) is 12.8 Å². The first-order chi connectivity index (χ1) is 9.69. The van der Waals surface area contributed by atoms with Gasteiger partial charge in [0.25, 0.3) is 0 Å². The zero-order valence-electron chi connectivity index (χ0n) is 11.4. The Hall–Kier alpha value is -1.22. The predicted molar refractivity (Wildman–Crippen MR) is 77.9 cm³/mol. The van der Waals surface area contributed by atoms with Crippen molar-refractivity contribution in [2.24, 2.45) is 29.6 Å². The number of benzene rings is 1. The Balaban J connectivity index is 1.50. The molecule has 0 unspecified atom stereocenters. The maximum absolute atomic E-state index is 12.5. The summed E-state index contributed by atoms with van der Waals surface area (Å²) in [6.07, 6.45) is 4.02. The van der Waals surface area contributed by atoms with E-state index >= 15 is 0 Å². The summed E-state index contributed by atoms with van der Waals surface area (Å²) in [4.78, 5) is 12.5. The lowest BCUT2D eigenvalue weighted by molar-refractivity contribution is -0.118. The molecule has 1 aromatic carbocycles. The van der Waals surface area contributed by atoms with Crippen LogP contribution in [0.3, 0.4) is 0 Å². The van der Waals surface area contributed by atoms with Crippen molar-refractivity contribution < 1.29 is 9.53 Å². The maximum atomic E-state index is 12.5. The highest BCUT2D eigenvalue weighted by Crippen LogP contribution is 2.69. The summed E-state index contributed by atoms with van der Waals surface area (Å²) >= 11 is 6.00. The lowest BCUT2D eigenvalue weighted by atomic mass is 10.0. The summed E-state index contributed by atoms with van der Waals surface area (Å²) < 4.78 is 5.28. The highest BCUT2D eigenvalue weighted by Gasteiger charge is 2.67. The van der Waals surface area contributed by atoms with E-state index in [2.05, 4.69) is 5.32 Å². The normalized spacial score (nSPS) is 36.6. The van der Waals surface area contributed by atoms with Crippen molar-refractivity contribution in [3.8, 4) is 5.75 Å². The van der Waals surface area contributed by atoms with Crippen LogP contribution in [0.4, 0.5) is 5.69 Å². The number of rotatable bonds is 3. The van der Waals surface area contributed by atoms with Gasteiger partial charge in [0.1, 0.15) is 5.75 Å². The molecule has 1 aromatic rings. The van der Waals surface area contributed by atoms with Gasteiger partial charge in [-0.05, 0) is 61.1 Å². The Labute approximate surface area is 123 Å². The highest BCUT2D eigenvalue weighted by atomic mass is 35.5. The lowest BCUT2D eigenvalue weighted by Gasteiger charge is -2.12. The second-order valence-electron chi connectivity index (χ2n) is 6.35. The van der Waals surface area contributed by atoms with Crippen LogP contribution in [0, 0.1) is 29.6 Å². The lowest BCUT2D eigenvalue weighted by Crippen LogP contribution is -2.19. The first kappa shape index (κ1) is 12.5. The van der Waals surface area contributed by atoms with Gasteiger partial charge in [0, 0.05) is 10.9 Å². The van der Waals surface area contributed by atoms with E-state index in [1.54, 1.807) is 25.3 Å². The summed E-state index contributed by atoms with van der Waals surface area (Å²) in [5.41, 5.74) is 0.683. The molecule has 0 spiro atoms. The molecule has 0 saturated heterocycles. The van der Waals surface area contributed by atoms with Gasteiger partial charge in [0.2, 0.25) is 5.91 Å². The van der Waals surface area contributed by atoms with Crippen LogP contribution < -0.4 is 10.1 Å². The minimum absolute atomic E-state index is 0.150. The van der Waals surface area contributed by atoms with Crippen molar-refractivity contribution >= 4 is 23.2 Å². The summed E-state index contributed by atoms with van der Waals surface area (Å²) in [5, 5.41) is 3.62. The van der Waals surface area contributed by atoms with Crippen molar-refractivity contribution in [3.63, 3.8) is 0 Å². The standard InChI is InChI=1S/C16H18ClNO2/c1-20-12-5-4-10(17)7-11(12)18-16(19)15-13-8-2-3-9(6-8)14(13)15/h4-5,7-9,13-15H,2-3,6H2,1H3,(H,18,19)/t8-,9-,13+,14+/m1/s1. The number of nitrogens with one attached hydrogen (secondary N) is 1. The molecule has 0 aliphatic heterocycles. The summed E-state index contributed by atoms with van der Waals surface area (Å²) in [7, 11) is 1.60. The van der Waals surface area contributed by atoms with Crippen LogP contribution in [0.15, 0.2) is 18.2 Å². The van der Waals surface area contributed by atoms with Crippen LogP contribution in [0.1, 0.15) is 19.3 Å². The SMILES string of the molecule is COc1ccc(Cl)cc1NC(=O)C1[C@H]2[C@@H]3CC[C@H](C3)[C@H]12. The monoisotopic (exact) mass is 291 g/mol. The van der Waals surface area contributed by atoms with Gasteiger partial charge in [0.15, 0.2) is 0 Å². The number of hydrogen-bond donors (Lipinski definition) is 1. The van der Waals surface area contributed by atoms with Crippen LogP contribution >= 0.6 is 11.6 Å². The molecule has 1 amide bonds. The van der Waals surface area contributed by atoms with Gasteiger partial charge in [-0.3, -0.25) is 4.79 Å². The van der Waals surface area contributed by atoms with E-state index in [0.29, 0.717) is 28.3 Å². The van der Waals surface area contributed by atoms with Crippen LogP contribution in [-0.2, 0) is 4.79 Å². The van der Waals surface area contributed by atoms with Crippen molar-refractivity contribution in [1.29, 1.82) is 0 Å². The van der Waals surface area contributed by atoms with Crippen molar-refractivity contribution in [2.45, 2.75) is 19.3 Å². The first-order valence-electron chi connectivity index (χ1n) is 7.33. The highest BCUT2D eigenvalue weighted by molar-refractivity contribution is 6.31. The van der Waals surface area contributed by atoms with Crippen molar-refractivity contribution in [3.05, 3.63) is 23.2 Å². The van der Waals surface area contributed by atoms with E-state index in [1.165, 1.54) is 19.3 Å². The van der Waals surface area contributed by atoms with Crippen LogP contribution in [-0.4, -0.2) is 13.0 Å². The van der Waals surface area contributed by atoms with E-state index in [0.717, 1.165) is 11.8 Å². The number of methoxy groups -OCH3 is 1. The molecule has 0 radical (unpaired) electrons. The summed E-state index contributed by atoms with van der Waals surface area (Å²) in [5.74, 6) is 3.96. The molecular weight excluding hydrogens is 274 g/mol. The zero-order chi connectivity index (χ0) is 13.9. The topological polar surface area (TPSA) is 38.3 Å². The molecule has 4 heteroatoms. The van der Waals surface area contributed by atoms with E-state index in [9.17, 15) is 4.79 Å². The molecule has 3 aliphatic carbocycles. The molecule has 4 rings (SSSR count). The fraction of sp³-hybridized carbons (Fsp3) is 0.562.